The number of furan rings is 1. The highest BCUT2D eigenvalue weighted by atomic mass is 16.6. The van der Waals surface area contributed by atoms with Gasteiger partial charge in [0.2, 0.25) is 11.7 Å². The summed E-state index contributed by atoms with van der Waals surface area (Å²) in [5.74, 6) is -1.54. The molecule has 9 nitrogen and oxygen atoms in total. The van der Waals surface area contributed by atoms with Crippen LogP contribution in [0.25, 0.3) is 11.1 Å². The third kappa shape index (κ3) is 8.19. The van der Waals surface area contributed by atoms with E-state index in [0.717, 1.165) is 27.2 Å². The highest BCUT2D eigenvalue weighted by Crippen LogP contribution is 2.31. The molecule has 9 heteroatoms. The van der Waals surface area contributed by atoms with Gasteiger partial charge in [0, 0.05) is 18.6 Å². The Labute approximate surface area is 252 Å². The van der Waals surface area contributed by atoms with Gasteiger partial charge in [0.25, 0.3) is 0 Å². The number of ketones is 1. The van der Waals surface area contributed by atoms with Crippen LogP contribution in [0.3, 0.4) is 0 Å². The van der Waals surface area contributed by atoms with E-state index in [1.165, 1.54) is 6.92 Å². The number of hydrogen-bond acceptors (Lipinski definition) is 8. The molecule has 0 saturated carbocycles. The number of aliphatic hydroxyl groups excluding tert-OH is 1. The molecule has 3 aromatic rings. The molecule has 1 saturated heterocycles. The lowest BCUT2D eigenvalue weighted by molar-refractivity contribution is -0.132. The van der Waals surface area contributed by atoms with E-state index in [1.807, 2.05) is 75.4 Å². The number of carbonyl (C=O) groups excluding carboxylic acids is 3. The van der Waals surface area contributed by atoms with Gasteiger partial charge in [-0.3, -0.25) is 9.59 Å². The number of aliphatic hydroxyl groups is 1. The van der Waals surface area contributed by atoms with Crippen LogP contribution >= 0.6 is 0 Å². The Bertz CT molecular complexity index is 1380. The Kier molecular flexibility index (Phi) is 11.3. The Morgan fingerprint density at radius 3 is 2.53 bits per heavy atom. The summed E-state index contributed by atoms with van der Waals surface area (Å²) in [7, 11) is 0. The molecule has 1 fully saturated rings. The van der Waals surface area contributed by atoms with E-state index in [0.29, 0.717) is 31.8 Å². The topological polar surface area (TPSA) is 116 Å². The van der Waals surface area contributed by atoms with Crippen LogP contribution in [0.1, 0.15) is 54.6 Å². The van der Waals surface area contributed by atoms with Crippen molar-refractivity contribution in [1.82, 2.24) is 4.90 Å². The number of rotatable bonds is 15. The van der Waals surface area contributed by atoms with Gasteiger partial charge in [-0.25, -0.2) is 9.69 Å². The number of benzene rings is 2. The third-order valence-corrected chi connectivity index (χ3v) is 7.59. The number of nitrogens with zero attached hydrogens (tertiary/aromatic N) is 1. The van der Waals surface area contributed by atoms with Crippen molar-refractivity contribution in [3.8, 4) is 11.1 Å². The molecule has 1 N–H and O–H groups in total. The number of imide groups is 1. The molecule has 2 amide bonds. The summed E-state index contributed by atoms with van der Waals surface area (Å²) in [6.07, 6.45) is -0.0847. The third-order valence-electron chi connectivity index (χ3n) is 7.59. The molecule has 2 heterocycles. The first kappa shape index (κ1) is 32.1. The van der Waals surface area contributed by atoms with Crippen molar-refractivity contribution in [2.45, 2.75) is 59.3 Å². The van der Waals surface area contributed by atoms with Crippen LogP contribution in [-0.4, -0.2) is 66.4 Å². The van der Waals surface area contributed by atoms with Crippen LogP contribution in [0.2, 0.25) is 0 Å². The fourth-order valence-electron chi connectivity index (χ4n) is 5.00. The summed E-state index contributed by atoms with van der Waals surface area (Å²) < 4.78 is 22.8. The van der Waals surface area contributed by atoms with E-state index in [9.17, 15) is 19.5 Å². The summed E-state index contributed by atoms with van der Waals surface area (Å²) >= 11 is 0. The minimum atomic E-state index is -1.12. The zero-order chi connectivity index (χ0) is 30.9. The maximum absolute atomic E-state index is 13.5. The average Bonchev–Trinajstić information content (AvgIpc) is 3.61. The lowest BCUT2D eigenvalue weighted by Crippen LogP contribution is -2.45. The molecule has 0 spiro atoms. The van der Waals surface area contributed by atoms with Crippen LogP contribution in [0.4, 0.5) is 4.79 Å². The molecule has 0 aliphatic carbocycles. The van der Waals surface area contributed by atoms with Gasteiger partial charge in [-0.15, -0.1) is 0 Å². The zero-order valence-corrected chi connectivity index (χ0v) is 25.3. The normalized spacial score (nSPS) is 16.4. The van der Waals surface area contributed by atoms with E-state index < -0.39 is 35.8 Å². The number of aryl methyl sites for hydroxylation is 2. The van der Waals surface area contributed by atoms with Crippen LogP contribution in [-0.2, 0) is 32.0 Å². The van der Waals surface area contributed by atoms with Crippen molar-refractivity contribution in [2.24, 2.45) is 11.8 Å². The molecule has 3 atom stereocenters. The molecular weight excluding hydrogens is 550 g/mol. The van der Waals surface area contributed by atoms with Gasteiger partial charge in [0.15, 0.2) is 5.76 Å². The van der Waals surface area contributed by atoms with Gasteiger partial charge in [-0.05, 0) is 43.4 Å². The SMILES string of the molecule is Cc1cccc(-c2cc(C(=O)C(C)C(=O)N3C(=O)OCC3C(C)C)oc2CCCOCC(CO)OCc2ccccc2)c1. The Morgan fingerprint density at radius 1 is 1.07 bits per heavy atom. The van der Waals surface area contributed by atoms with Gasteiger partial charge >= 0.3 is 6.09 Å². The maximum atomic E-state index is 13.5. The Hall–Kier alpha value is -3.79. The molecule has 230 valence electrons. The fraction of sp³-hybridized carbons (Fsp3) is 0.441. The molecule has 1 aliphatic rings. The summed E-state index contributed by atoms with van der Waals surface area (Å²) in [4.78, 5) is 40.1. The smallest absolute Gasteiger partial charge is 0.417 e. The molecular formula is C34H41NO8. The second kappa shape index (κ2) is 15.1. The van der Waals surface area contributed by atoms with Crippen molar-refractivity contribution in [2.75, 3.05) is 26.4 Å². The molecule has 4 rings (SSSR count). The molecule has 2 aromatic carbocycles. The predicted octanol–water partition coefficient (Wildman–Crippen LogP) is 5.60. The molecule has 1 aromatic heterocycles. The minimum Gasteiger partial charge on any atom is -0.457 e. The van der Waals surface area contributed by atoms with E-state index in [4.69, 9.17) is 18.6 Å². The second-order valence-corrected chi connectivity index (χ2v) is 11.3. The van der Waals surface area contributed by atoms with Gasteiger partial charge in [-0.2, -0.15) is 0 Å². The van der Waals surface area contributed by atoms with Crippen molar-refractivity contribution in [3.05, 3.63) is 83.3 Å². The molecule has 0 radical (unpaired) electrons. The first-order chi connectivity index (χ1) is 20.7. The first-order valence-corrected chi connectivity index (χ1v) is 14.8. The summed E-state index contributed by atoms with van der Waals surface area (Å²) in [5.41, 5.74) is 3.74. The van der Waals surface area contributed by atoms with Crippen LogP contribution in [0.5, 0.6) is 0 Å². The van der Waals surface area contributed by atoms with Crippen LogP contribution in [0.15, 0.2) is 65.1 Å². The summed E-state index contributed by atoms with van der Waals surface area (Å²) in [6.45, 7) is 8.27. The molecule has 43 heavy (non-hydrogen) atoms. The number of amides is 2. The molecule has 3 unspecified atom stereocenters. The average molecular weight is 592 g/mol. The highest BCUT2D eigenvalue weighted by Gasteiger charge is 2.43. The quantitative estimate of drug-likeness (QED) is 0.138. The number of carbonyl (C=O) groups is 3. The van der Waals surface area contributed by atoms with Crippen molar-refractivity contribution < 1.29 is 38.1 Å². The maximum Gasteiger partial charge on any atom is 0.417 e. The largest absolute Gasteiger partial charge is 0.457 e. The lowest BCUT2D eigenvalue weighted by atomic mass is 9.98. The summed E-state index contributed by atoms with van der Waals surface area (Å²) in [6, 6.07) is 18.9. The molecule has 0 bridgehead atoms. The first-order valence-electron chi connectivity index (χ1n) is 14.8. The monoisotopic (exact) mass is 591 g/mol. The van der Waals surface area contributed by atoms with E-state index in [1.54, 1.807) is 6.07 Å². The minimum absolute atomic E-state index is 0.00820. The fourth-order valence-corrected chi connectivity index (χ4v) is 5.00. The van der Waals surface area contributed by atoms with Crippen molar-refractivity contribution in [1.29, 1.82) is 0 Å². The van der Waals surface area contributed by atoms with E-state index >= 15 is 0 Å². The standard InChI is InChI=1S/C34H41NO8/c1-22(2)29-21-42-34(39)35(29)33(38)24(4)32(37)31-17-28(26-13-8-10-23(3)16-26)30(43-31)14-9-15-40-20-27(18-36)41-19-25-11-6-5-7-12-25/h5-8,10-13,16-17,22,24,27,29,36H,9,14-15,18-21H2,1-4H3. The van der Waals surface area contributed by atoms with E-state index in [2.05, 4.69) is 0 Å². The van der Waals surface area contributed by atoms with Crippen LogP contribution in [0, 0.1) is 18.8 Å². The Balaban J connectivity index is 1.41. The lowest BCUT2D eigenvalue weighted by Gasteiger charge is -2.24. The van der Waals surface area contributed by atoms with Crippen molar-refractivity contribution >= 4 is 17.8 Å². The Morgan fingerprint density at radius 2 is 1.84 bits per heavy atom. The number of hydrogen-bond donors (Lipinski definition) is 1. The summed E-state index contributed by atoms with van der Waals surface area (Å²) in [5, 5.41) is 9.68. The zero-order valence-electron chi connectivity index (χ0n) is 25.3. The van der Waals surface area contributed by atoms with Gasteiger partial charge < -0.3 is 23.7 Å². The van der Waals surface area contributed by atoms with Crippen molar-refractivity contribution in [3.63, 3.8) is 0 Å². The highest BCUT2D eigenvalue weighted by molar-refractivity contribution is 6.12. The van der Waals surface area contributed by atoms with Crippen LogP contribution < -0.4 is 0 Å². The second-order valence-electron chi connectivity index (χ2n) is 11.3. The number of Topliss-reactive ketones (excluding diaryl/α,β-unsaturated/α-hetero) is 1. The van der Waals surface area contributed by atoms with E-state index in [-0.39, 0.29) is 31.5 Å². The molecule has 1 aliphatic heterocycles. The number of ether oxygens (including phenoxy) is 3. The predicted molar refractivity (Wildman–Crippen MR) is 160 cm³/mol. The van der Waals surface area contributed by atoms with Gasteiger partial charge in [-0.1, -0.05) is 74.0 Å². The van der Waals surface area contributed by atoms with Gasteiger partial charge in [0.1, 0.15) is 24.4 Å². The number of cyclic esters (lactones) is 1. The van der Waals surface area contributed by atoms with Gasteiger partial charge in [0.05, 0.1) is 25.9 Å².